The van der Waals surface area contributed by atoms with E-state index in [1.54, 1.807) is 18.2 Å². The van der Waals surface area contributed by atoms with E-state index in [0.717, 1.165) is 5.56 Å². The lowest BCUT2D eigenvalue weighted by Gasteiger charge is -2.19. The van der Waals surface area contributed by atoms with E-state index in [1.807, 2.05) is 0 Å². The average Bonchev–Trinajstić information content (AvgIpc) is 2.64. The second-order valence-electron chi connectivity index (χ2n) is 3.45. The predicted molar refractivity (Wildman–Crippen MR) is 70.9 cm³/mol. The lowest BCUT2D eigenvalue weighted by Crippen LogP contribution is -2.23. The highest BCUT2D eigenvalue weighted by molar-refractivity contribution is 8.14. The fourth-order valence-corrected chi connectivity index (χ4v) is 2.71. The van der Waals surface area contributed by atoms with Crippen molar-refractivity contribution in [3.8, 4) is 0 Å². The van der Waals surface area contributed by atoms with Gasteiger partial charge in [-0.05, 0) is 17.7 Å². The van der Waals surface area contributed by atoms with Crippen molar-refractivity contribution >= 4 is 46.0 Å². The van der Waals surface area contributed by atoms with Crippen LogP contribution in [0.5, 0.6) is 0 Å². The quantitative estimate of drug-likeness (QED) is 0.865. The Balaban J connectivity index is 2.34. The Morgan fingerprint density at radius 3 is 2.76 bits per heavy atom. The van der Waals surface area contributed by atoms with Gasteiger partial charge in [0.1, 0.15) is 5.37 Å². The SMILES string of the molecule is CC(=O)N1N=C(N)SC1c1ccc(Cl)c(Cl)c1. The van der Waals surface area contributed by atoms with Crippen molar-refractivity contribution < 1.29 is 4.79 Å². The molecule has 7 heteroatoms. The van der Waals surface area contributed by atoms with E-state index in [-0.39, 0.29) is 11.3 Å². The number of hydrazone groups is 1. The summed E-state index contributed by atoms with van der Waals surface area (Å²) in [7, 11) is 0. The van der Waals surface area contributed by atoms with E-state index in [2.05, 4.69) is 5.10 Å². The topological polar surface area (TPSA) is 58.7 Å². The van der Waals surface area contributed by atoms with Crippen molar-refractivity contribution in [2.75, 3.05) is 0 Å². The predicted octanol–water partition coefficient (Wildman–Crippen LogP) is 2.82. The largest absolute Gasteiger partial charge is 0.377 e. The summed E-state index contributed by atoms with van der Waals surface area (Å²) in [5, 5.41) is 6.29. The van der Waals surface area contributed by atoms with Crippen LogP contribution in [-0.2, 0) is 4.79 Å². The normalized spacial score (nSPS) is 19.4. The molecule has 1 amide bonds. The molecule has 0 spiro atoms. The Morgan fingerprint density at radius 1 is 1.47 bits per heavy atom. The number of hydrogen-bond donors (Lipinski definition) is 1. The zero-order valence-electron chi connectivity index (χ0n) is 8.85. The number of rotatable bonds is 1. The highest BCUT2D eigenvalue weighted by atomic mass is 35.5. The molecule has 1 aromatic carbocycles. The molecule has 0 bridgehead atoms. The third kappa shape index (κ3) is 2.51. The van der Waals surface area contributed by atoms with E-state index >= 15 is 0 Å². The van der Waals surface area contributed by atoms with Crippen LogP contribution >= 0.6 is 35.0 Å². The number of nitrogens with zero attached hydrogens (tertiary/aromatic N) is 2. The third-order valence-corrected chi connectivity index (χ3v) is 3.97. The fourth-order valence-electron chi connectivity index (χ4n) is 1.46. The van der Waals surface area contributed by atoms with Gasteiger partial charge < -0.3 is 5.73 Å². The molecule has 4 nitrogen and oxygen atoms in total. The molecule has 0 aromatic heterocycles. The van der Waals surface area contributed by atoms with Crippen molar-refractivity contribution in [3.63, 3.8) is 0 Å². The van der Waals surface area contributed by atoms with Crippen LogP contribution in [0.4, 0.5) is 0 Å². The smallest absolute Gasteiger partial charge is 0.241 e. The number of amides is 1. The van der Waals surface area contributed by atoms with Gasteiger partial charge in [-0.15, -0.1) is 5.10 Å². The van der Waals surface area contributed by atoms with Crippen LogP contribution in [0.3, 0.4) is 0 Å². The van der Waals surface area contributed by atoms with Crippen molar-refractivity contribution in [1.82, 2.24) is 5.01 Å². The van der Waals surface area contributed by atoms with Gasteiger partial charge in [0.05, 0.1) is 10.0 Å². The van der Waals surface area contributed by atoms with E-state index in [9.17, 15) is 4.79 Å². The molecular formula is C10H9Cl2N3OS. The summed E-state index contributed by atoms with van der Waals surface area (Å²) < 4.78 is 0. The molecule has 1 aliphatic rings. The Labute approximate surface area is 113 Å². The maximum absolute atomic E-state index is 11.4. The number of hydrogen-bond acceptors (Lipinski definition) is 4. The van der Waals surface area contributed by atoms with Gasteiger partial charge in [-0.25, -0.2) is 5.01 Å². The zero-order valence-corrected chi connectivity index (χ0v) is 11.2. The van der Waals surface area contributed by atoms with Gasteiger partial charge in [-0.2, -0.15) is 0 Å². The monoisotopic (exact) mass is 289 g/mol. The Morgan fingerprint density at radius 2 is 2.18 bits per heavy atom. The van der Waals surface area contributed by atoms with Crippen LogP contribution in [0.2, 0.25) is 10.0 Å². The molecule has 0 saturated carbocycles. The van der Waals surface area contributed by atoms with Gasteiger partial charge in [0.15, 0.2) is 5.17 Å². The van der Waals surface area contributed by atoms with Crippen molar-refractivity contribution in [3.05, 3.63) is 33.8 Å². The number of carbonyl (C=O) groups is 1. The molecule has 2 rings (SSSR count). The van der Waals surface area contributed by atoms with E-state index < -0.39 is 0 Å². The molecule has 0 fully saturated rings. The lowest BCUT2D eigenvalue weighted by atomic mass is 10.2. The first-order valence-corrected chi connectivity index (χ1v) is 6.38. The molecule has 0 saturated heterocycles. The lowest BCUT2D eigenvalue weighted by molar-refractivity contribution is -0.129. The zero-order chi connectivity index (χ0) is 12.6. The second kappa shape index (κ2) is 4.76. The second-order valence-corrected chi connectivity index (χ2v) is 5.36. The Hall–Kier alpha value is -0.910. The number of benzene rings is 1. The molecule has 17 heavy (non-hydrogen) atoms. The van der Waals surface area contributed by atoms with Crippen molar-refractivity contribution in [2.45, 2.75) is 12.3 Å². The van der Waals surface area contributed by atoms with Crippen molar-refractivity contribution in [1.29, 1.82) is 0 Å². The van der Waals surface area contributed by atoms with Crippen LogP contribution in [-0.4, -0.2) is 16.1 Å². The van der Waals surface area contributed by atoms with Crippen LogP contribution < -0.4 is 5.73 Å². The maximum atomic E-state index is 11.4. The summed E-state index contributed by atoms with van der Waals surface area (Å²) >= 11 is 13.1. The van der Waals surface area contributed by atoms with Gasteiger partial charge in [-0.1, -0.05) is 41.0 Å². The number of carbonyl (C=O) groups excluding carboxylic acids is 1. The molecule has 1 aliphatic heterocycles. The van der Waals surface area contributed by atoms with Crippen LogP contribution in [0.15, 0.2) is 23.3 Å². The standard InChI is InChI=1S/C10H9Cl2N3OS/c1-5(16)15-9(17-10(13)14-15)6-2-3-7(11)8(12)4-6/h2-4,9H,1H3,(H2,13,14). The third-order valence-electron chi connectivity index (χ3n) is 2.21. The summed E-state index contributed by atoms with van der Waals surface area (Å²) in [6.07, 6.45) is 0. The van der Waals surface area contributed by atoms with Crippen LogP contribution in [0.1, 0.15) is 17.9 Å². The molecule has 1 atom stereocenters. The summed E-state index contributed by atoms with van der Waals surface area (Å²) in [6, 6.07) is 5.20. The summed E-state index contributed by atoms with van der Waals surface area (Å²) in [5.41, 5.74) is 6.46. The highest BCUT2D eigenvalue weighted by Crippen LogP contribution is 2.39. The minimum atomic E-state index is -0.276. The Bertz CT molecular complexity index is 506. The Kier molecular flexibility index (Phi) is 3.51. The number of thioether (sulfide) groups is 1. The first-order chi connectivity index (χ1) is 7.99. The van der Waals surface area contributed by atoms with E-state index in [1.165, 1.54) is 23.7 Å². The summed E-state index contributed by atoms with van der Waals surface area (Å²) in [6.45, 7) is 1.44. The number of halogens is 2. The summed E-state index contributed by atoms with van der Waals surface area (Å²) in [5.74, 6) is -0.172. The van der Waals surface area contributed by atoms with Crippen LogP contribution in [0, 0.1) is 0 Å². The maximum Gasteiger partial charge on any atom is 0.241 e. The van der Waals surface area contributed by atoms with Gasteiger partial charge in [0.2, 0.25) is 5.91 Å². The molecular weight excluding hydrogens is 281 g/mol. The van der Waals surface area contributed by atoms with Crippen LogP contribution in [0.25, 0.3) is 0 Å². The van der Waals surface area contributed by atoms with E-state index in [4.69, 9.17) is 28.9 Å². The molecule has 1 aromatic rings. The first kappa shape index (κ1) is 12.5. The molecule has 0 radical (unpaired) electrons. The van der Waals surface area contributed by atoms with Gasteiger partial charge in [-0.3, -0.25) is 4.79 Å². The van der Waals surface area contributed by atoms with Gasteiger partial charge in [0, 0.05) is 6.92 Å². The van der Waals surface area contributed by atoms with Crippen molar-refractivity contribution in [2.24, 2.45) is 10.8 Å². The molecule has 2 N–H and O–H groups in total. The molecule has 1 unspecified atom stereocenters. The first-order valence-electron chi connectivity index (χ1n) is 4.74. The van der Waals surface area contributed by atoms with Gasteiger partial charge >= 0.3 is 0 Å². The van der Waals surface area contributed by atoms with Gasteiger partial charge in [0.25, 0.3) is 0 Å². The average molecular weight is 290 g/mol. The molecule has 90 valence electrons. The minimum Gasteiger partial charge on any atom is -0.377 e. The highest BCUT2D eigenvalue weighted by Gasteiger charge is 2.30. The number of amidine groups is 1. The van der Waals surface area contributed by atoms with E-state index in [0.29, 0.717) is 15.2 Å². The fraction of sp³-hybridized carbons (Fsp3) is 0.200. The number of nitrogens with two attached hydrogens (primary N) is 1. The minimum absolute atomic E-state index is 0.172. The molecule has 1 heterocycles. The molecule has 0 aliphatic carbocycles. The summed E-state index contributed by atoms with van der Waals surface area (Å²) in [4.78, 5) is 11.4.